The van der Waals surface area contributed by atoms with Gasteiger partial charge in [0.25, 0.3) is 5.56 Å². The molecule has 4 rings (SSSR count). The Labute approximate surface area is 144 Å². The van der Waals surface area contributed by atoms with Crippen molar-refractivity contribution in [3.63, 3.8) is 0 Å². The Morgan fingerprint density at radius 3 is 2.92 bits per heavy atom. The van der Waals surface area contributed by atoms with Crippen LogP contribution in [0.3, 0.4) is 0 Å². The van der Waals surface area contributed by atoms with Gasteiger partial charge >= 0.3 is 0 Å². The van der Waals surface area contributed by atoms with Crippen LogP contribution in [0.25, 0.3) is 10.2 Å². The number of amides is 1. The summed E-state index contributed by atoms with van der Waals surface area (Å²) >= 11 is 1.58. The van der Waals surface area contributed by atoms with Gasteiger partial charge in [0.05, 0.1) is 45.4 Å². The fraction of sp³-hybridized carbons (Fsp3) is 0.588. The van der Waals surface area contributed by atoms with Crippen LogP contribution in [0.4, 0.5) is 0 Å². The molecule has 0 radical (unpaired) electrons. The normalized spacial score (nSPS) is 17.5. The third-order valence-corrected chi connectivity index (χ3v) is 6.04. The number of thiophene rings is 1. The van der Waals surface area contributed by atoms with Crippen LogP contribution in [-0.4, -0.2) is 47.5 Å². The molecule has 2 aromatic rings. The molecular formula is C17H23N4O2S+. The van der Waals surface area contributed by atoms with Crippen molar-refractivity contribution >= 4 is 27.5 Å². The third-order valence-electron chi connectivity index (χ3n) is 4.92. The van der Waals surface area contributed by atoms with Gasteiger partial charge in [-0.25, -0.2) is 4.98 Å². The van der Waals surface area contributed by atoms with E-state index in [1.54, 1.807) is 22.2 Å². The predicted octanol–water partition coefficient (Wildman–Crippen LogP) is -0.103. The average Bonchev–Trinajstić information content (AvgIpc) is 3.33. The molecular weight excluding hydrogens is 324 g/mol. The van der Waals surface area contributed by atoms with E-state index in [9.17, 15) is 9.59 Å². The topological polar surface area (TPSA) is 59.6 Å². The number of nitrogens with one attached hydrogen (secondary N) is 1. The minimum atomic E-state index is 0.0701. The highest BCUT2D eigenvalue weighted by molar-refractivity contribution is 7.18. The van der Waals surface area contributed by atoms with Crippen molar-refractivity contribution in [3.8, 4) is 0 Å². The summed E-state index contributed by atoms with van der Waals surface area (Å²) in [4.78, 5) is 34.9. The molecule has 1 aliphatic heterocycles. The highest BCUT2D eigenvalue weighted by Crippen LogP contribution is 2.36. The fourth-order valence-electron chi connectivity index (χ4n) is 3.30. The Kier molecular flexibility index (Phi) is 3.92. The van der Waals surface area contributed by atoms with Crippen LogP contribution < -0.4 is 10.5 Å². The van der Waals surface area contributed by atoms with Crippen molar-refractivity contribution in [1.29, 1.82) is 0 Å². The van der Waals surface area contributed by atoms with E-state index in [2.05, 4.69) is 19.1 Å². The summed E-state index contributed by atoms with van der Waals surface area (Å²) < 4.78 is 1.73. The molecule has 1 fully saturated rings. The second kappa shape index (κ2) is 5.97. The lowest BCUT2D eigenvalue weighted by atomic mass is 10.0. The van der Waals surface area contributed by atoms with Gasteiger partial charge in [-0.3, -0.25) is 14.2 Å². The van der Waals surface area contributed by atoms with Gasteiger partial charge < -0.3 is 9.80 Å². The van der Waals surface area contributed by atoms with E-state index in [1.165, 1.54) is 4.90 Å². The van der Waals surface area contributed by atoms with Gasteiger partial charge in [-0.2, -0.15) is 0 Å². The SMILES string of the molecule is C[NH+](C)CCn1cnc2sc3c(c2c1=O)CCN(C(=O)C1CC1)C3. The van der Waals surface area contributed by atoms with Crippen molar-refractivity contribution in [2.24, 2.45) is 5.92 Å². The molecule has 0 atom stereocenters. The van der Waals surface area contributed by atoms with Crippen molar-refractivity contribution < 1.29 is 9.69 Å². The van der Waals surface area contributed by atoms with Gasteiger partial charge in [0.2, 0.25) is 5.91 Å². The summed E-state index contributed by atoms with van der Waals surface area (Å²) in [6.07, 6.45) is 4.51. The zero-order chi connectivity index (χ0) is 16.8. The minimum Gasteiger partial charge on any atom is -0.338 e. The molecule has 0 bridgehead atoms. The summed E-state index contributed by atoms with van der Waals surface area (Å²) in [6.45, 7) is 2.95. The Morgan fingerprint density at radius 1 is 1.42 bits per heavy atom. The Hall–Kier alpha value is -1.73. The largest absolute Gasteiger partial charge is 0.338 e. The molecule has 1 aliphatic carbocycles. The number of fused-ring (bicyclic) bond motifs is 3. The summed E-state index contributed by atoms with van der Waals surface area (Å²) in [5, 5.41) is 0.782. The van der Waals surface area contributed by atoms with E-state index in [1.807, 2.05) is 4.90 Å². The van der Waals surface area contributed by atoms with E-state index in [0.29, 0.717) is 13.1 Å². The van der Waals surface area contributed by atoms with Crippen LogP contribution in [-0.2, 0) is 24.3 Å². The predicted molar refractivity (Wildman–Crippen MR) is 93.4 cm³/mol. The van der Waals surface area contributed by atoms with Crippen molar-refractivity contribution in [2.75, 3.05) is 27.2 Å². The summed E-state index contributed by atoms with van der Waals surface area (Å²) in [6, 6.07) is 0. The zero-order valence-electron chi connectivity index (χ0n) is 14.2. The molecule has 7 heteroatoms. The number of hydrogen-bond donors (Lipinski definition) is 1. The highest BCUT2D eigenvalue weighted by atomic mass is 32.1. The third kappa shape index (κ3) is 2.75. The lowest BCUT2D eigenvalue weighted by Crippen LogP contribution is -3.06. The van der Waals surface area contributed by atoms with Crippen LogP contribution in [0.15, 0.2) is 11.1 Å². The van der Waals surface area contributed by atoms with Gasteiger partial charge in [-0.1, -0.05) is 0 Å². The Balaban J connectivity index is 1.66. The maximum atomic E-state index is 12.8. The number of carbonyl (C=O) groups is 1. The van der Waals surface area contributed by atoms with Crippen LogP contribution in [0.1, 0.15) is 23.3 Å². The highest BCUT2D eigenvalue weighted by Gasteiger charge is 2.35. The number of likely N-dealkylation sites (N-methyl/N-ethyl adjacent to an activating group) is 1. The van der Waals surface area contributed by atoms with Crippen LogP contribution in [0.2, 0.25) is 0 Å². The first-order chi connectivity index (χ1) is 11.5. The Bertz CT molecular complexity index is 850. The van der Waals surface area contributed by atoms with Gasteiger partial charge in [-0.15, -0.1) is 11.3 Å². The maximum absolute atomic E-state index is 12.8. The molecule has 0 spiro atoms. The zero-order valence-corrected chi connectivity index (χ0v) is 15.0. The maximum Gasteiger partial charge on any atom is 0.262 e. The molecule has 128 valence electrons. The molecule has 6 nitrogen and oxygen atoms in total. The van der Waals surface area contributed by atoms with Gasteiger partial charge in [0.15, 0.2) is 0 Å². The number of aromatic nitrogens is 2. The molecule has 0 aromatic carbocycles. The second-order valence-electron chi connectivity index (χ2n) is 7.17. The van der Waals surface area contributed by atoms with Gasteiger partial charge in [-0.05, 0) is 24.8 Å². The molecule has 1 amide bonds. The monoisotopic (exact) mass is 347 g/mol. The van der Waals surface area contributed by atoms with Crippen LogP contribution in [0, 0.1) is 5.92 Å². The van der Waals surface area contributed by atoms with Crippen LogP contribution in [0.5, 0.6) is 0 Å². The first-order valence-electron chi connectivity index (χ1n) is 8.62. The van der Waals surface area contributed by atoms with E-state index >= 15 is 0 Å². The van der Waals surface area contributed by atoms with E-state index in [-0.39, 0.29) is 17.4 Å². The van der Waals surface area contributed by atoms with Crippen molar-refractivity contribution in [2.45, 2.75) is 32.4 Å². The fourth-order valence-corrected chi connectivity index (χ4v) is 4.49. The van der Waals surface area contributed by atoms with Gasteiger partial charge in [0.1, 0.15) is 4.83 Å². The summed E-state index contributed by atoms with van der Waals surface area (Å²) in [5.41, 5.74) is 1.19. The standard InChI is InChI=1S/C17H22N4O2S/c1-19(2)7-8-21-10-18-15-14(17(21)23)12-5-6-20(9-13(12)24-15)16(22)11-3-4-11/h10-11H,3-9H2,1-2H3/p+1. The summed E-state index contributed by atoms with van der Waals surface area (Å²) in [5.74, 6) is 0.544. The lowest BCUT2D eigenvalue weighted by molar-refractivity contribution is -0.858. The minimum absolute atomic E-state index is 0.0701. The molecule has 0 unspecified atom stereocenters. The van der Waals surface area contributed by atoms with E-state index in [4.69, 9.17) is 0 Å². The quantitative estimate of drug-likeness (QED) is 0.840. The molecule has 1 N–H and O–H groups in total. The summed E-state index contributed by atoms with van der Waals surface area (Å²) in [7, 11) is 4.16. The number of hydrogen-bond acceptors (Lipinski definition) is 4. The molecule has 3 heterocycles. The number of rotatable bonds is 4. The number of carbonyl (C=O) groups excluding carboxylic acids is 1. The first kappa shape index (κ1) is 15.8. The lowest BCUT2D eigenvalue weighted by Gasteiger charge is -2.27. The van der Waals surface area contributed by atoms with E-state index < -0.39 is 0 Å². The van der Waals surface area contributed by atoms with Gasteiger partial charge in [0, 0.05) is 17.3 Å². The van der Waals surface area contributed by atoms with Crippen molar-refractivity contribution in [3.05, 3.63) is 27.1 Å². The second-order valence-corrected chi connectivity index (χ2v) is 8.25. The van der Waals surface area contributed by atoms with Crippen molar-refractivity contribution in [1.82, 2.24) is 14.5 Å². The van der Waals surface area contributed by atoms with E-state index in [0.717, 1.165) is 53.0 Å². The number of quaternary nitrogens is 1. The molecule has 2 aromatic heterocycles. The Morgan fingerprint density at radius 2 is 2.21 bits per heavy atom. The number of nitrogens with zero attached hydrogens (tertiary/aromatic N) is 3. The molecule has 24 heavy (non-hydrogen) atoms. The molecule has 1 saturated carbocycles. The van der Waals surface area contributed by atoms with Crippen LogP contribution >= 0.6 is 11.3 Å². The first-order valence-corrected chi connectivity index (χ1v) is 9.43. The smallest absolute Gasteiger partial charge is 0.262 e. The average molecular weight is 347 g/mol. The molecule has 2 aliphatic rings. The molecule has 0 saturated heterocycles.